The molecule has 6 nitrogen and oxygen atoms in total. The molecule has 5 aliphatic rings. The van der Waals surface area contributed by atoms with Crippen molar-refractivity contribution in [2.45, 2.75) is 81.1 Å². The Kier molecular flexibility index (Phi) is 5.03. The number of aliphatic hydroxyl groups is 1. The van der Waals surface area contributed by atoms with Gasteiger partial charge in [-0.3, -0.25) is 0 Å². The standard InChI is InChI=1S/C26H30N2O4S/c29-25-16-9-7-15(8-10-16)20-12-11-19(14-23(20)25)33(31,32)28-26(30)27-24-21-5-1-3-17(21)13-18-4-2-6-22(18)24/h11-16,25,29H,1-10H2,(H2,27,28,30). The molecule has 7 heteroatoms. The quantitative estimate of drug-likeness (QED) is 0.621. The van der Waals surface area contributed by atoms with Crippen molar-refractivity contribution >= 4 is 21.7 Å². The van der Waals surface area contributed by atoms with Crippen molar-refractivity contribution in [3.63, 3.8) is 0 Å². The van der Waals surface area contributed by atoms with E-state index >= 15 is 0 Å². The first-order valence-electron chi connectivity index (χ1n) is 12.2. The Morgan fingerprint density at radius 2 is 1.55 bits per heavy atom. The van der Waals surface area contributed by atoms with Crippen molar-refractivity contribution in [1.82, 2.24) is 4.72 Å². The zero-order chi connectivity index (χ0) is 22.7. The molecular formula is C26H30N2O4S. The molecule has 0 spiro atoms. The topological polar surface area (TPSA) is 95.5 Å². The zero-order valence-electron chi connectivity index (χ0n) is 18.7. The van der Waals surface area contributed by atoms with Gasteiger partial charge in [0.25, 0.3) is 10.0 Å². The van der Waals surface area contributed by atoms with Crippen LogP contribution in [0.5, 0.6) is 0 Å². The van der Waals surface area contributed by atoms with Crippen molar-refractivity contribution in [1.29, 1.82) is 0 Å². The predicted molar refractivity (Wildman–Crippen MR) is 126 cm³/mol. The Hall–Kier alpha value is -2.38. The molecule has 2 amide bonds. The Labute approximate surface area is 194 Å². The first-order valence-corrected chi connectivity index (χ1v) is 13.7. The van der Waals surface area contributed by atoms with Crippen LogP contribution in [-0.2, 0) is 35.7 Å². The molecule has 1 fully saturated rings. The van der Waals surface area contributed by atoms with Gasteiger partial charge in [-0.25, -0.2) is 17.9 Å². The highest BCUT2D eigenvalue weighted by atomic mass is 32.2. The number of carbonyl (C=O) groups is 1. The number of fused-ring (bicyclic) bond motifs is 4. The van der Waals surface area contributed by atoms with E-state index in [0.717, 1.165) is 86.6 Å². The first-order chi connectivity index (χ1) is 15.9. The van der Waals surface area contributed by atoms with E-state index in [-0.39, 0.29) is 10.8 Å². The molecule has 0 aliphatic heterocycles. The second-order valence-corrected chi connectivity index (χ2v) is 11.8. The SMILES string of the molecule is O=C(Nc1c2c(cc3c1CCC3)CCC2)NS(=O)(=O)c1ccc2c(c1)C(O)C1CCC2CC1. The van der Waals surface area contributed by atoms with Crippen LogP contribution in [0.2, 0.25) is 0 Å². The lowest BCUT2D eigenvalue weighted by molar-refractivity contribution is 0.0910. The number of hydrogen-bond acceptors (Lipinski definition) is 4. The summed E-state index contributed by atoms with van der Waals surface area (Å²) in [6.07, 6.45) is 9.33. The van der Waals surface area contributed by atoms with Gasteiger partial charge >= 0.3 is 6.03 Å². The lowest BCUT2D eigenvalue weighted by atomic mass is 9.82. The summed E-state index contributed by atoms with van der Waals surface area (Å²) in [5.74, 6) is 0.558. The molecule has 2 aromatic carbocycles. The Balaban J connectivity index is 1.27. The summed E-state index contributed by atoms with van der Waals surface area (Å²) >= 11 is 0. The van der Waals surface area contributed by atoms with Gasteiger partial charge in [0.1, 0.15) is 0 Å². The first kappa shape index (κ1) is 21.2. The van der Waals surface area contributed by atoms with Crippen LogP contribution in [-0.4, -0.2) is 19.6 Å². The minimum Gasteiger partial charge on any atom is -0.388 e. The van der Waals surface area contributed by atoms with E-state index in [1.807, 2.05) is 6.07 Å². The summed E-state index contributed by atoms with van der Waals surface area (Å²) in [6, 6.07) is 6.53. The number of amides is 2. The summed E-state index contributed by atoms with van der Waals surface area (Å²) < 4.78 is 28.4. The maximum absolute atomic E-state index is 13.1. The molecular weight excluding hydrogens is 436 g/mol. The summed E-state index contributed by atoms with van der Waals surface area (Å²) in [7, 11) is -4.06. The van der Waals surface area contributed by atoms with Crippen LogP contribution in [0.3, 0.4) is 0 Å². The number of sulfonamides is 1. The highest BCUT2D eigenvalue weighted by Gasteiger charge is 2.36. The van der Waals surface area contributed by atoms with Gasteiger partial charge in [0.05, 0.1) is 11.0 Å². The lowest BCUT2D eigenvalue weighted by Crippen LogP contribution is -2.35. The Morgan fingerprint density at radius 3 is 2.21 bits per heavy atom. The van der Waals surface area contributed by atoms with Crippen LogP contribution in [0.25, 0.3) is 0 Å². The van der Waals surface area contributed by atoms with Crippen LogP contribution < -0.4 is 10.0 Å². The molecule has 1 saturated carbocycles. The van der Waals surface area contributed by atoms with E-state index < -0.39 is 22.2 Å². The normalized spacial score (nSPS) is 25.2. The molecule has 2 bridgehead atoms. The minimum absolute atomic E-state index is 0.0280. The molecule has 0 saturated heterocycles. The fourth-order valence-electron chi connectivity index (χ4n) is 6.63. The number of nitrogens with one attached hydrogen (secondary N) is 2. The smallest absolute Gasteiger partial charge is 0.333 e. The fraction of sp³-hybridized carbons (Fsp3) is 0.500. The molecule has 0 heterocycles. The van der Waals surface area contributed by atoms with Crippen molar-refractivity contribution in [3.8, 4) is 0 Å². The molecule has 1 atom stereocenters. The third-order valence-corrected chi connectivity index (χ3v) is 9.61. The van der Waals surface area contributed by atoms with Gasteiger partial charge in [-0.15, -0.1) is 0 Å². The van der Waals surface area contributed by atoms with E-state index in [9.17, 15) is 18.3 Å². The van der Waals surface area contributed by atoms with Crippen molar-refractivity contribution < 1.29 is 18.3 Å². The summed E-state index contributed by atoms with van der Waals surface area (Å²) in [5.41, 5.74) is 7.47. The number of hydrogen-bond donors (Lipinski definition) is 3. The average Bonchev–Trinajstić information content (AvgIpc) is 3.42. The third-order valence-electron chi connectivity index (χ3n) is 8.28. The van der Waals surface area contributed by atoms with Gasteiger partial charge in [0, 0.05) is 5.69 Å². The second kappa shape index (κ2) is 7.84. The van der Waals surface area contributed by atoms with Crippen LogP contribution in [0, 0.1) is 5.92 Å². The summed E-state index contributed by atoms with van der Waals surface area (Å²) in [5, 5.41) is 13.8. The largest absolute Gasteiger partial charge is 0.388 e. The third kappa shape index (κ3) is 3.56. The average molecular weight is 467 g/mol. The van der Waals surface area contributed by atoms with Crippen LogP contribution >= 0.6 is 0 Å². The maximum atomic E-state index is 13.1. The minimum atomic E-state index is -4.06. The molecule has 33 heavy (non-hydrogen) atoms. The van der Waals surface area contributed by atoms with Crippen LogP contribution in [0.15, 0.2) is 29.2 Å². The molecule has 0 radical (unpaired) electrons. The van der Waals surface area contributed by atoms with Gasteiger partial charge < -0.3 is 10.4 Å². The molecule has 7 rings (SSSR count). The highest BCUT2D eigenvalue weighted by molar-refractivity contribution is 7.90. The predicted octanol–water partition coefficient (Wildman–Crippen LogP) is 4.50. The van der Waals surface area contributed by atoms with Gasteiger partial charge in [-0.1, -0.05) is 12.1 Å². The molecule has 174 valence electrons. The van der Waals surface area contributed by atoms with E-state index in [0.29, 0.717) is 11.5 Å². The van der Waals surface area contributed by atoms with Crippen molar-refractivity contribution in [2.75, 3.05) is 5.32 Å². The Bertz CT molecular complexity index is 1210. The zero-order valence-corrected chi connectivity index (χ0v) is 19.5. The Morgan fingerprint density at radius 1 is 0.879 bits per heavy atom. The number of benzene rings is 2. The number of anilines is 1. The van der Waals surface area contributed by atoms with Crippen LogP contribution in [0.1, 0.15) is 83.9 Å². The van der Waals surface area contributed by atoms with Gasteiger partial charge in [-0.05, 0) is 122 Å². The van der Waals surface area contributed by atoms with Gasteiger partial charge in [0.2, 0.25) is 0 Å². The van der Waals surface area contributed by atoms with Crippen LogP contribution in [0.4, 0.5) is 10.5 Å². The fourth-order valence-corrected chi connectivity index (χ4v) is 7.58. The monoisotopic (exact) mass is 466 g/mol. The number of urea groups is 1. The maximum Gasteiger partial charge on any atom is 0.333 e. The molecule has 0 aromatic heterocycles. The van der Waals surface area contributed by atoms with Gasteiger partial charge in [0.15, 0.2) is 0 Å². The highest BCUT2D eigenvalue weighted by Crippen LogP contribution is 2.48. The van der Waals surface area contributed by atoms with E-state index in [2.05, 4.69) is 16.1 Å². The number of rotatable bonds is 3. The second-order valence-electron chi connectivity index (χ2n) is 10.1. The number of aryl methyl sites for hydroxylation is 2. The van der Waals surface area contributed by atoms with E-state index in [4.69, 9.17) is 0 Å². The molecule has 1 unspecified atom stereocenters. The molecule has 2 aromatic rings. The summed E-state index contributed by atoms with van der Waals surface area (Å²) in [4.78, 5) is 12.9. The molecule has 5 aliphatic carbocycles. The van der Waals surface area contributed by atoms with E-state index in [1.165, 1.54) is 11.1 Å². The van der Waals surface area contributed by atoms with Crippen molar-refractivity contribution in [3.05, 3.63) is 57.6 Å². The number of aliphatic hydroxyl groups excluding tert-OH is 1. The molecule has 3 N–H and O–H groups in total. The number of carbonyl (C=O) groups excluding carboxylic acids is 1. The summed E-state index contributed by atoms with van der Waals surface area (Å²) in [6.45, 7) is 0. The van der Waals surface area contributed by atoms with E-state index in [1.54, 1.807) is 12.1 Å². The van der Waals surface area contributed by atoms with Crippen molar-refractivity contribution in [2.24, 2.45) is 5.92 Å². The van der Waals surface area contributed by atoms with Gasteiger partial charge in [-0.2, -0.15) is 0 Å². The lowest BCUT2D eigenvalue weighted by Gasteiger charge is -2.24.